The summed E-state index contributed by atoms with van der Waals surface area (Å²) in [5.74, 6) is -0.918. The predicted octanol–water partition coefficient (Wildman–Crippen LogP) is 1.22. The first kappa shape index (κ1) is 8.36. The van der Waals surface area contributed by atoms with Crippen LogP contribution < -0.4 is 5.32 Å². The van der Waals surface area contributed by atoms with Crippen LogP contribution in [0.4, 0.5) is 13.2 Å². The zero-order valence-electron chi connectivity index (χ0n) is 5.96. The molecule has 1 rings (SSSR count). The Morgan fingerprint density at radius 3 is 2.27 bits per heavy atom. The van der Waals surface area contributed by atoms with Gasteiger partial charge in [0.15, 0.2) is 5.67 Å². The number of carbonyl (C=O) groups excluding carboxylic acids is 1. The molecule has 0 aromatic heterocycles. The van der Waals surface area contributed by atoms with E-state index in [0.29, 0.717) is 0 Å². The summed E-state index contributed by atoms with van der Waals surface area (Å²) in [4.78, 5) is 10.2. The highest BCUT2D eigenvalue weighted by Crippen LogP contribution is 2.50. The van der Waals surface area contributed by atoms with E-state index in [1.807, 2.05) is 0 Å². The predicted molar refractivity (Wildman–Crippen MR) is 31.8 cm³/mol. The van der Waals surface area contributed by atoms with E-state index < -0.39 is 17.6 Å². The molecule has 11 heavy (non-hydrogen) atoms. The van der Waals surface area contributed by atoms with Gasteiger partial charge in [-0.2, -0.15) is 8.78 Å². The summed E-state index contributed by atoms with van der Waals surface area (Å²) in [6, 6.07) is -3.70. The number of hydrogen-bond acceptors (Lipinski definition) is 1. The molecule has 1 saturated carbocycles. The Bertz CT molecular complexity index is 188. The molecular formula is C6H8F3NO. The van der Waals surface area contributed by atoms with Gasteiger partial charge in [-0.05, 0) is 12.8 Å². The number of carbonyl (C=O) groups is 1. The minimum absolute atomic E-state index is 0.180. The normalized spacial score (nSPS) is 21.1. The zero-order chi connectivity index (χ0) is 8.70. The number of alkyl halides is 3. The molecule has 1 N–H and O–H groups in total. The van der Waals surface area contributed by atoms with E-state index in [1.54, 1.807) is 0 Å². The molecule has 0 aliphatic heterocycles. The van der Waals surface area contributed by atoms with E-state index >= 15 is 0 Å². The molecule has 5 heteroatoms. The topological polar surface area (TPSA) is 29.1 Å². The Morgan fingerprint density at radius 1 is 1.55 bits per heavy atom. The first-order chi connectivity index (χ1) is 4.87. The van der Waals surface area contributed by atoms with Crippen molar-refractivity contribution in [2.45, 2.75) is 31.5 Å². The zero-order valence-corrected chi connectivity index (χ0v) is 5.96. The highest BCUT2D eigenvalue weighted by molar-refractivity contribution is 5.73. The van der Waals surface area contributed by atoms with Gasteiger partial charge in [0.2, 0.25) is 5.91 Å². The third-order valence-electron chi connectivity index (χ3n) is 1.58. The van der Waals surface area contributed by atoms with Crippen molar-refractivity contribution >= 4 is 5.91 Å². The molecule has 2 nitrogen and oxygen atoms in total. The van der Waals surface area contributed by atoms with E-state index in [0.717, 1.165) is 6.92 Å². The molecule has 0 heterocycles. The number of nitrogens with one attached hydrogen (secondary N) is 1. The second kappa shape index (κ2) is 2.12. The Hall–Kier alpha value is -0.740. The van der Waals surface area contributed by atoms with Crippen LogP contribution in [0.1, 0.15) is 19.8 Å². The molecule has 1 aliphatic rings. The van der Waals surface area contributed by atoms with E-state index in [2.05, 4.69) is 0 Å². The van der Waals surface area contributed by atoms with Crippen LogP contribution in [0.25, 0.3) is 0 Å². The number of hydrogen-bond donors (Lipinski definition) is 1. The molecule has 0 aromatic rings. The van der Waals surface area contributed by atoms with E-state index in [4.69, 9.17) is 0 Å². The van der Waals surface area contributed by atoms with Crippen LogP contribution in [0, 0.1) is 0 Å². The first-order valence-corrected chi connectivity index (χ1v) is 3.23. The van der Waals surface area contributed by atoms with E-state index in [9.17, 15) is 18.0 Å². The Balaban J connectivity index is 2.59. The molecule has 1 aliphatic carbocycles. The maximum Gasteiger partial charge on any atom is 0.359 e. The van der Waals surface area contributed by atoms with Crippen molar-refractivity contribution in [2.24, 2.45) is 0 Å². The van der Waals surface area contributed by atoms with Gasteiger partial charge >= 0.3 is 6.05 Å². The minimum Gasteiger partial charge on any atom is -0.295 e. The molecule has 0 aromatic carbocycles. The van der Waals surface area contributed by atoms with Crippen LogP contribution in [-0.2, 0) is 4.79 Å². The summed E-state index contributed by atoms with van der Waals surface area (Å²) in [5.41, 5.74) is -2.49. The van der Waals surface area contributed by atoms with Crippen molar-refractivity contribution in [3.63, 3.8) is 0 Å². The average Bonchev–Trinajstić information content (AvgIpc) is 2.44. The molecule has 0 spiro atoms. The van der Waals surface area contributed by atoms with Crippen molar-refractivity contribution in [1.29, 1.82) is 0 Å². The van der Waals surface area contributed by atoms with Gasteiger partial charge in [-0.15, -0.1) is 0 Å². The average molecular weight is 167 g/mol. The van der Waals surface area contributed by atoms with Gasteiger partial charge in [0.1, 0.15) is 0 Å². The Labute approximate surface area is 61.8 Å². The van der Waals surface area contributed by atoms with Crippen molar-refractivity contribution in [3.05, 3.63) is 0 Å². The third-order valence-corrected chi connectivity index (χ3v) is 1.58. The minimum atomic E-state index is -3.70. The standard InChI is InChI=1S/C6H8F3NO/c1-4(11)10-6(8,9)5(7)2-3-5/h2-3H2,1H3,(H,10,11). The number of halogens is 3. The third kappa shape index (κ3) is 1.46. The number of amides is 1. The monoisotopic (exact) mass is 167 g/mol. The fraction of sp³-hybridized carbons (Fsp3) is 0.833. The smallest absolute Gasteiger partial charge is 0.295 e. The largest absolute Gasteiger partial charge is 0.359 e. The van der Waals surface area contributed by atoms with Crippen LogP contribution >= 0.6 is 0 Å². The Morgan fingerprint density at radius 2 is 2.00 bits per heavy atom. The Kier molecular flexibility index (Phi) is 1.61. The fourth-order valence-corrected chi connectivity index (χ4v) is 0.757. The molecule has 0 unspecified atom stereocenters. The van der Waals surface area contributed by atoms with E-state index in [-0.39, 0.29) is 12.8 Å². The molecule has 1 amide bonds. The van der Waals surface area contributed by atoms with Gasteiger partial charge < -0.3 is 0 Å². The highest BCUT2D eigenvalue weighted by Gasteiger charge is 2.64. The summed E-state index contributed by atoms with van der Waals surface area (Å²) in [7, 11) is 0. The quantitative estimate of drug-likeness (QED) is 0.615. The maximum atomic E-state index is 12.7. The van der Waals surface area contributed by atoms with Gasteiger partial charge in [0.05, 0.1) is 0 Å². The van der Waals surface area contributed by atoms with Crippen molar-refractivity contribution < 1.29 is 18.0 Å². The molecular weight excluding hydrogens is 159 g/mol. The van der Waals surface area contributed by atoms with Crippen LogP contribution in [0.5, 0.6) is 0 Å². The van der Waals surface area contributed by atoms with Gasteiger partial charge in [-0.1, -0.05) is 0 Å². The lowest BCUT2D eigenvalue weighted by Gasteiger charge is -2.19. The molecule has 1 fully saturated rings. The van der Waals surface area contributed by atoms with Crippen LogP contribution in [-0.4, -0.2) is 17.6 Å². The lowest BCUT2D eigenvalue weighted by atomic mass is 10.3. The van der Waals surface area contributed by atoms with Gasteiger partial charge in [-0.25, -0.2) is 4.39 Å². The van der Waals surface area contributed by atoms with Crippen LogP contribution in [0.15, 0.2) is 0 Å². The second-order valence-corrected chi connectivity index (χ2v) is 2.72. The summed E-state index contributed by atoms with van der Waals surface area (Å²) in [5, 5.41) is 1.27. The highest BCUT2D eigenvalue weighted by atomic mass is 19.3. The van der Waals surface area contributed by atoms with Gasteiger partial charge in [-0.3, -0.25) is 10.1 Å². The molecule has 0 saturated heterocycles. The second-order valence-electron chi connectivity index (χ2n) is 2.72. The first-order valence-electron chi connectivity index (χ1n) is 3.23. The fourth-order valence-electron chi connectivity index (χ4n) is 0.757. The lowest BCUT2D eigenvalue weighted by Crippen LogP contribution is -2.48. The maximum absolute atomic E-state index is 12.7. The summed E-state index contributed by atoms with van der Waals surface area (Å²) in [6.07, 6.45) is -0.361. The van der Waals surface area contributed by atoms with E-state index in [1.165, 1.54) is 5.32 Å². The van der Waals surface area contributed by atoms with Crippen molar-refractivity contribution in [3.8, 4) is 0 Å². The molecule has 0 atom stereocenters. The molecule has 0 radical (unpaired) electrons. The lowest BCUT2D eigenvalue weighted by molar-refractivity contribution is -0.145. The summed E-state index contributed by atoms with van der Waals surface area (Å²) < 4.78 is 37.7. The van der Waals surface area contributed by atoms with Crippen molar-refractivity contribution in [2.75, 3.05) is 0 Å². The summed E-state index contributed by atoms with van der Waals surface area (Å²) in [6.45, 7) is 0.930. The SMILES string of the molecule is CC(=O)NC(F)(F)C1(F)CC1. The van der Waals surface area contributed by atoms with Crippen LogP contribution in [0.3, 0.4) is 0 Å². The summed E-state index contributed by atoms with van der Waals surface area (Å²) >= 11 is 0. The van der Waals surface area contributed by atoms with Crippen LogP contribution in [0.2, 0.25) is 0 Å². The molecule has 64 valence electrons. The molecule has 0 bridgehead atoms. The van der Waals surface area contributed by atoms with Gasteiger partial charge in [0, 0.05) is 6.92 Å². The number of rotatable bonds is 2. The van der Waals surface area contributed by atoms with Crippen molar-refractivity contribution in [1.82, 2.24) is 5.32 Å². The van der Waals surface area contributed by atoms with Gasteiger partial charge in [0.25, 0.3) is 0 Å².